The summed E-state index contributed by atoms with van der Waals surface area (Å²) in [5, 5.41) is 4.52. The Hall–Kier alpha value is -3.48. The molecule has 0 spiro atoms. The van der Waals surface area contributed by atoms with Crippen molar-refractivity contribution in [3.05, 3.63) is 71.0 Å². The number of aromatic nitrogens is 4. The summed E-state index contributed by atoms with van der Waals surface area (Å²) in [6.07, 6.45) is 1.50. The molecule has 0 radical (unpaired) electrons. The Labute approximate surface area is 148 Å². The summed E-state index contributed by atoms with van der Waals surface area (Å²) in [7, 11) is 0. The Balaban J connectivity index is 1.59. The third-order valence-corrected chi connectivity index (χ3v) is 3.92. The van der Waals surface area contributed by atoms with Gasteiger partial charge in [0.1, 0.15) is 5.75 Å². The Morgan fingerprint density at radius 1 is 1.12 bits per heavy atom. The number of benzene rings is 2. The van der Waals surface area contributed by atoms with Gasteiger partial charge in [-0.15, -0.1) is 0 Å². The van der Waals surface area contributed by atoms with E-state index in [-0.39, 0.29) is 12.1 Å². The lowest BCUT2D eigenvalue weighted by Crippen LogP contribution is -2.21. The maximum atomic E-state index is 12.5. The summed E-state index contributed by atoms with van der Waals surface area (Å²) in [6.45, 7) is 2.73. The van der Waals surface area contributed by atoms with Crippen LogP contribution in [0.5, 0.6) is 5.75 Å². The van der Waals surface area contributed by atoms with E-state index in [9.17, 15) is 4.79 Å². The minimum absolute atomic E-state index is 0.136. The maximum absolute atomic E-state index is 12.5. The van der Waals surface area contributed by atoms with Gasteiger partial charge in [0.2, 0.25) is 0 Å². The van der Waals surface area contributed by atoms with E-state index in [4.69, 9.17) is 9.26 Å². The number of rotatable bonds is 5. The molecule has 0 saturated heterocycles. The van der Waals surface area contributed by atoms with E-state index >= 15 is 0 Å². The Kier molecular flexibility index (Phi) is 4.18. The quantitative estimate of drug-likeness (QED) is 0.551. The van der Waals surface area contributed by atoms with E-state index in [2.05, 4.69) is 15.1 Å². The molecule has 0 aliphatic rings. The summed E-state index contributed by atoms with van der Waals surface area (Å²) >= 11 is 0. The molecule has 0 atom stereocenters. The van der Waals surface area contributed by atoms with Gasteiger partial charge in [0.25, 0.3) is 11.4 Å². The van der Waals surface area contributed by atoms with E-state index in [1.165, 1.54) is 10.9 Å². The van der Waals surface area contributed by atoms with Gasteiger partial charge in [-0.25, -0.2) is 4.98 Å². The molecule has 0 amide bonds. The van der Waals surface area contributed by atoms with Crippen molar-refractivity contribution in [3.63, 3.8) is 0 Å². The van der Waals surface area contributed by atoms with Gasteiger partial charge < -0.3 is 9.26 Å². The highest BCUT2D eigenvalue weighted by Gasteiger charge is 2.11. The normalized spacial score (nSPS) is 11.0. The first-order valence-corrected chi connectivity index (χ1v) is 8.24. The lowest BCUT2D eigenvalue weighted by molar-refractivity contribution is 0.340. The zero-order valence-corrected chi connectivity index (χ0v) is 14.1. The highest BCUT2D eigenvalue weighted by molar-refractivity contribution is 5.76. The van der Waals surface area contributed by atoms with E-state index in [0.717, 1.165) is 11.3 Å². The number of ether oxygens (including phenoxy) is 1. The molecule has 7 nitrogen and oxygen atoms in total. The predicted molar refractivity (Wildman–Crippen MR) is 96.0 cm³/mol. The smallest absolute Gasteiger partial charge is 0.261 e. The van der Waals surface area contributed by atoms with Crippen molar-refractivity contribution in [1.29, 1.82) is 0 Å². The second kappa shape index (κ2) is 6.79. The van der Waals surface area contributed by atoms with Crippen LogP contribution in [0.15, 0.2) is 64.2 Å². The average molecular weight is 348 g/mol. The first kappa shape index (κ1) is 16.0. The minimum Gasteiger partial charge on any atom is -0.494 e. The molecular formula is C19H16N4O3. The number of hydrogen-bond donors (Lipinski definition) is 0. The zero-order valence-electron chi connectivity index (χ0n) is 14.1. The molecule has 2 aromatic carbocycles. The molecule has 0 aliphatic heterocycles. The van der Waals surface area contributed by atoms with E-state index in [1.54, 1.807) is 12.1 Å². The molecule has 0 unspecified atom stereocenters. The highest BCUT2D eigenvalue weighted by Crippen LogP contribution is 2.21. The van der Waals surface area contributed by atoms with Crippen LogP contribution in [0.4, 0.5) is 0 Å². The van der Waals surface area contributed by atoms with Gasteiger partial charge >= 0.3 is 0 Å². The lowest BCUT2D eigenvalue weighted by atomic mass is 10.2. The van der Waals surface area contributed by atoms with Gasteiger partial charge in [-0.2, -0.15) is 4.98 Å². The SMILES string of the molecule is CCOc1ccc(-c2nc(Cn3cnc4ccccc4c3=O)no2)cc1. The molecule has 130 valence electrons. The molecule has 7 heteroatoms. The summed E-state index contributed by atoms with van der Waals surface area (Å²) in [6, 6.07) is 14.6. The van der Waals surface area contributed by atoms with Crippen LogP contribution in [0, 0.1) is 0 Å². The fourth-order valence-corrected chi connectivity index (χ4v) is 2.67. The van der Waals surface area contributed by atoms with Gasteiger partial charge in [-0.3, -0.25) is 9.36 Å². The molecule has 0 aliphatic carbocycles. The van der Waals surface area contributed by atoms with E-state index in [0.29, 0.717) is 29.2 Å². The average Bonchev–Trinajstić information content (AvgIpc) is 3.14. The van der Waals surface area contributed by atoms with Crippen LogP contribution in [0.1, 0.15) is 12.7 Å². The molecule has 26 heavy (non-hydrogen) atoms. The first-order chi connectivity index (χ1) is 12.7. The number of hydrogen-bond acceptors (Lipinski definition) is 6. The van der Waals surface area contributed by atoms with Gasteiger partial charge in [-0.1, -0.05) is 17.3 Å². The van der Waals surface area contributed by atoms with Gasteiger partial charge in [0, 0.05) is 5.56 Å². The zero-order chi connectivity index (χ0) is 17.9. The fraction of sp³-hybridized carbons (Fsp3) is 0.158. The largest absolute Gasteiger partial charge is 0.494 e. The van der Waals surface area contributed by atoms with Crippen LogP contribution in [-0.4, -0.2) is 26.3 Å². The van der Waals surface area contributed by atoms with Crippen LogP contribution >= 0.6 is 0 Å². The molecule has 0 saturated carbocycles. The monoisotopic (exact) mass is 348 g/mol. The third kappa shape index (κ3) is 3.06. The molecule has 4 rings (SSSR count). The second-order valence-electron chi connectivity index (χ2n) is 5.67. The first-order valence-electron chi connectivity index (χ1n) is 8.24. The van der Waals surface area contributed by atoms with Gasteiger partial charge in [0.15, 0.2) is 5.82 Å². The molecule has 2 heterocycles. The van der Waals surface area contributed by atoms with Gasteiger partial charge in [-0.05, 0) is 43.3 Å². The summed E-state index contributed by atoms with van der Waals surface area (Å²) in [5.41, 5.74) is 1.32. The van der Waals surface area contributed by atoms with Crippen LogP contribution in [0.25, 0.3) is 22.4 Å². The van der Waals surface area contributed by atoms with Crippen molar-refractivity contribution in [2.45, 2.75) is 13.5 Å². The molecule has 0 bridgehead atoms. The Morgan fingerprint density at radius 3 is 2.73 bits per heavy atom. The minimum atomic E-state index is -0.136. The van der Waals surface area contributed by atoms with Crippen molar-refractivity contribution in [3.8, 4) is 17.2 Å². The fourth-order valence-electron chi connectivity index (χ4n) is 2.67. The molecule has 2 aromatic heterocycles. The van der Waals surface area contributed by atoms with Crippen LogP contribution in [0.2, 0.25) is 0 Å². The highest BCUT2D eigenvalue weighted by atomic mass is 16.5. The summed E-state index contributed by atoms with van der Waals surface area (Å²) in [4.78, 5) is 21.2. The van der Waals surface area contributed by atoms with Crippen molar-refractivity contribution in [2.75, 3.05) is 6.61 Å². The van der Waals surface area contributed by atoms with Crippen LogP contribution in [-0.2, 0) is 6.54 Å². The second-order valence-corrected chi connectivity index (χ2v) is 5.67. The van der Waals surface area contributed by atoms with Gasteiger partial charge in [0.05, 0.1) is 30.4 Å². The van der Waals surface area contributed by atoms with Crippen LogP contribution in [0.3, 0.4) is 0 Å². The van der Waals surface area contributed by atoms with Crippen molar-refractivity contribution >= 4 is 10.9 Å². The van der Waals surface area contributed by atoms with Crippen molar-refractivity contribution < 1.29 is 9.26 Å². The Bertz CT molecular complexity index is 1100. The predicted octanol–water partition coefficient (Wildman–Crippen LogP) is 2.89. The number of para-hydroxylation sites is 1. The van der Waals surface area contributed by atoms with Crippen molar-refractivity contribution in [2.24, 2.45) is 0 Å². The maximum Gasteiger partial charge on any atom is 0.261 e. The molecule has 0 fully saturated rings. The topological polar surface area (TPSA) is 83.0 Å². The Morgan fingerprint density at radius 2 is 1.92 bits per heavy atom. The van der Waals surface area contributed by atoms with Crippen molar-refractivity contribution in [1.82, 2.24) is 19.7 Å². The molecule has 0 N–H and O–H groups in total. The number of fused-ring (bicyclic) bond motifs is 1. The summed E-state index contributed by atoms with van der Waals surface area (Å²) in [5.74, 6) is 1.59. The third-order valence-electron chi connectivity index (χ3n) is 3.92. The molecule has 4 aromatic rings. The standard InChI is InChI=1S/C19H16N4O3/c1-2-25-14-9-7-13(8-10-14)18-21-17(22-26-18)11-23-12-20-16-6-4-3-5-15(16)19(23)24/h3-10,12H,2,11H2,1H3. The molecular weight excluding hydrogens is 332 g/mol. The van der Waals surface area contributed by atoms with E-state index in [1.807, 2.05) is 43.3 Å². The summed E-state index contributed by atoms with van der Waals surface area (Å²) < 4.78 is 12.2. The van der Waals surface area contributed by atoms with E-state index < -0.39 is 0 Å². The number of nitrogens with zero attached hydrogens (tertiary/aromatic N) is 4. The van der Waals surface area contributed by atoms with Crippen LogP contribution < -0.4 is 10.3 Å². The lowest BCUT2D eigenvalue weighted by Gasteiger charge is -2.03.